The van der Waals surface area contributed by atoms with Gasteiger partial charge >= 0.3 is 0 Å². The van der Waals surface area contributed by atoms with Gasteiger partial charge in [0.15, 0.2) is 0 Å². The molecule has 0 bridgehead atoms. The van der Waals surface area contributed by atoms with Crippen molar-refractivity contribution in [2.75, 3.05) is 6.54 Å². The van der Waals surface area contributed by atoms with Crippen LogP contribution in [-0.4, -0.2) is 23.5 Å². The van der Waals surface area contributed by atoms with E-state index in [0.29, 0.717) is 31.7 Å². The lowest BCUT2D eigenvalue weighted by Crippen LogP contribution is -2.27. The van der Waals surface area contributed by atoms with Gasteiger partial charge in [0, 0.05) is 19.4 Å². The minimum absolute atomic E-state index is 0.140. The van der Waals surface area contributed by atoms with Crippen molar-refractivity contribution in [3.63, 3.8) is 0 Å². The number of nitrogens with one attached hydrogen (secondary N) is 1. The number of hydrogen-bond donors (Lipinski definition) is 3. The summed E-state index contributed by atoms with van der Waals surface area (Å²) >= 11 is 0. The van der Waals surface area contributed by atoms with Crippen LogP contribution in [-0.2, 0) is 4.79 Å². The van der Waals surface area contributed by atoms with Crippen LogP contribution in [0.15, 0.2) is 5.16 Å². The second kappa shape index (κ2) is 8.78. The summed E-state index contributed by atoms with van der Waals surface area (Å²) in [4.78, 5) is 11.7. The standard InChI is InChI=1S/C13H25N3O2/c14-12(16-18)8-5-9-15-13(17)10-11-6-3-1-2-4-7-11/h11,18H,1-10H2,(H2,14,16)(H,15,17). The van der Waals surface area contributed by atoms with Gasteiger partial charge in [-0.25, -0.2) is 0 Å². The highest BCUT2D eigenvalue weighted by Gasteiger charge is 2.15. The smallest absolute Gasteiger partial charge is 0.220 e. The van der Waals surface area contributed by atoms with Gasteiger partial charge in [-0.1, -0.05) is 30.8 Å². The van der Waals surface area contributed by atoms with Crippen molar-refractivity contribution in [1.29, 1.82) is 0 Å². The predicted molar refractivity (Wildman–Crippen MR) is 71.5 cm³/mol. The fraction of sp³-hybridized carbons (Fsp3) is 0.846. The van der Waals surface area contributed by atoms with E-state index in [2.05, 4.69) is 10.5 Å². The molecule has 0 saturated heterocycles. The second-order valence-electron chi connectivity index (χ2n) is 5.11. The van der Waals surface area contributed by atoms with Crippen LogP contribution in [0.5, 0.6) is 0 Å². The SMILES string of the molecule is NC(CCCNC(=O)CC1CCCCCC1)=NO. The molecule has 104 valence electrons. The van der Waals surface area contributed by atoms with Gasteiger partial charge in [0.25, 0.3) is 0 Å². The normalized spacial score (nSPS) is 18.3. The minimum atomic E-state index is 0.140. The van der Waals surface area contributed by atoms with Gasteiger partial charge in [-0.05, 0) is 25.2 Å². The Bertz CT molecular complexity index is 271. The minimum Gasteiger partial charge on any atom is -0.409 e. The number of carbonyl (C=O) groups is 1. The molecule has 5 heteroatoms. The molecular formula is C13H25N3O2. The van der Waals surface area contributed by atoms with Gasteiger partial charge in [0.1, 0.15) is 5.84 Å². The van der Waals surface area contributed by atoms with E-state index in [-0.39, 0.29) is 11.7 Å². The Labute approximate surface area is 109 Å². The highest BCUT2D eigenvalue weighted by Crippen LogP contribution is 2.25. The number of nitrogens with two attached hydrogens (primary N) is 1. The van der Waals surface area contributed by atoms with Crippen molar-refractivity contribution in [1.82, 2.24) is 5.32 Å². The molecule has 1 rings (SSSR count). The lowest BCUT2D eigenvalue weighted by Gasteiger charge is -2.13. The molecule has 0 aromatic carbocycles. The van der Waals surface area contributed by atoms with Crippen LogP contribution in [0.2, 0.25) is 0 Å². The number of oxime groups is 1. The summed E-state index contributed by atoms with van der Waals surface area (Å²) in [5.74, 6) is 0.922. The van der Waals surface area contributed by atoms with Gasteiger partial charge in [-0.15, -0.1) is 0 Å². The van der Waals surface area contributed by atoms with Crippen LogP contribution >= 0.6 is 0 Å². The highest BCUT2D eigenvalue weighted by molar-refractivity contribution is 5.79. The molecule has 0 aromatic rings. The number of nitrogens with zero attached hydrogens (tertiary/aromatic N) is 1. The Kier molecular flexibility index (Phi) is 7.22. The molecule has 0 aromatic heterocycles. The van der Waals surface area contributed by atoms with Crippen LogP contribution in [0.4, 0.5) is 0 Å². The molecular weight excluding hydrogens is 230 g/mol. The van der Waals surface area contributed by atoms with E-state index >= 15 is 0 Å². The number of amidine groups is 1. The van der Waals surface area contributed by atoms with E-state index < -0.39 is 0 Å². The molecule has 0 radical (unpaired) electrons. The third-order valence-electron chi connectivity index (χ3n) is 3.51. The lowest BCUT2D eigenvalue weighted by atomic mass is 9.96. The van der Waals surface area contributed by atoms with E-state index in [4.69, 9.17) is 10.9 Å². The maximum atomic E-state index is 11.7. The first-order valence-electron chi connectivity index (χ1n) is 6.95. The molecule has 1 fully saturated rings. The first-order valence-corrected chi connectivity index (χ1v) is 6.95. The highest BCUT2D eigenvalue weighted by atomic mass is 16.4. The number of hydrogen-bond acceptors (Lipinski definition) is 3. The van der Waals surface area contributed by atoms with Crippen LogP contribution in [0.3, 0.4) is 0 Å². The van der Waals surface area contributed by atoms with Crippen molar-refractivity contribution < 1.29 is 10.0 Å². The first kappa shape index (κ1) is 14.8. The molecule has 0 atom stereocenters. The second-order valence-corrected chi connectivity index (χ2v) is 5.11. The van der Waals surface area contributed by atoms with Crippen molar-refractivity contribution in [2.24, 2.45) is 16.8 Å². The van der Waals surface area contributed by atoms with Crippen molar-refractivity contribution in [2.45, 2.75) is 57.8 Å². The van der Waals surface area contributed by atoms with Crippen molar-refractivity contribution in [3.05, 3.63) is 0 Å². The van der Waals surface area contributed by atoms with Crippen LogP contribution in [0, 0.1) is 5.92 Å². The summed E-state index contributed by atoms with van der Waals surface area (Å²) in [5, 5.41) is 14.2. The third kappa shape index (κ3) is 6.47. The zero-order chi connectivity index (χ0) is 13.2. The quantitative estimate of drug-likeness (QED) is 0.169. The third-order valence-corrected chi connectivity index (χ3v) is 3.51. The summed E-state index contributed by atoms with van der Waals surface area (Å²) in [6.45, 7) is 0.599. The Morgan fingerprint density at radius 2 is 1.94 bits per heavy atom. The Hall–Kier alpha value is -1.26. The Morgan fingerprint density at radius 1 is 1.28 bits per heavy atom. The molecule has 1 saturated carbocycles. The molecule has 1 aliphatic carbocycles. The van der Waals surface area contributed by atoms with Gasteiger partial charge < -0.3 is 16.3 Å². The molecule has 5 nitrogen and oxygen atoms in total. The monoisotopic (exact) mass is 255 g/mol. The van der Waals surface area contributed by atoms with Gasteiger partial charge in [0.05, 0.1) is 0 Å². The lowest BCUT2D eigenvalue weighted by molar-refractivity contribution is -0.122. The van der Waals surface area contributed by atoms with Gasteiger partial charge in [0.2, 0.25) is 5.91 Å². The molecule has 18 heavy (non-hydrogen) atoms. The number of carbonyl (C=O) groups excluding carboxylic acids is 1. The largest absolute Gasteiger partial charge is 0.409 e. The van der Waals surface area contributed by atoms with E-state index in [1.807, 2.05) is 0 Å². The van der Waals surface area contributed by atoms with Gasteiger partial charge in [-0.3, -0.25) is 4.79 Å². The predicted octanol–water partition coefficient (Wildman–Crippen LogP) is 1.99. The van der Waals surface area contributed by atoms with E-state index in [1.165, 1.54) is 38.5 Å². The summed E-state index contributed by atoms with van der Waals surface area (Å²) < 4.78 is 0. The number of amides is 1. The maximum Gasteiger partial charge on any atom is 0.220 e. The Balaban J connectivity index is 2.09. The summed E-state index contributed by atoms with van der Waals surface area (Å²) in [7, 11) is 0. The molecule has 0 aliphatic heterocycles. The molecule has 1 aliphatic rings. The zero-order valence-corrected chi connectivity index (χ0v) is 11.0. The molecule has 0 spiro atoms. The van der Waals surface area contributed by atoms with Gasteiger partial charge in [-0.2, -0.15) is 0 Å². The van der Waals surface area contributed by atoms with Crippen molar-refractivity contribution >= 4 is 11.7 Å². The van der Waals surface area contributed by atoms with Crippen LogP contribution < -0.4 is 11.1 Å². The van der Waals surface area contributed by atoms with Crippen LogP contribution in [0.1, 0.15) is 57.8 Å². The molecule has 0 unspecified atom stereocenters. The summed E-state index contributed by atoms with van der Waals surface area (Å²) in [5.41, 5.74) is 5.34. The molecule has 4 N–H and O–H groups in total. The maximum absolute atomic E-state index is 11.7. The van der Waals surface area contributed by atoms with E-state index in [0.717, 1.165) is 0 Å². The topological polar surface area (TPSA) is 87.7 Å². The average Bonchev–Trinajstić information content (AvgIpc) is 2.63. The average molecular weight is 255 g/mol. The fourth-order valence-corrected chi connectivity index (χ4v) is 2.45. The molecule has 0 heterocycles. The van der Waals surface area contributed by atoms with E-state index in [1.54, 1.807) is 0 Å². The van der Waals surface area contributed by atoms with E-state index in [9.17, 15) is 4.79 Å². The first-order chi connectivity index (χ1) is 8.72. The Morgan fingerprint density at radius 3 is 2.56 bits per heavy atom. The number of rotatable bonds is 6. The van der Waals surface area contributed by atoms with Crippen molar-refractivity contribution in [3.8, 4) is 0 Å². The zero-order valence-electron chi connectivity index (χ0n) is 11.0. The summed E-state index contributed by atoms with van der Waals surface area (Å²) in [6, 6.07) is 0. The molecule has 1 amide bonds. The summed E-state index contributed by atoms with van der Waals surface area (Å²) in [6.07, 6.45) is 9.43. The fourth-order valence-electron chi connectivity index (χ4n) is 2.45. The van der Waals surface area contributed by atoms with Crippen LogP contribution in [0.25, 0.3) is 0 Å².